The van der Waals surface area contributed by atoms with Crippen LogP contribution in [-0.2, 0) is 4.79 Å². The fraction of sp³-hybridized carbons (Fsp3) is 0.231. The minimum atomic E-state index is -0.178. The maximum absolute atomic E-state index is 12.5. The predicted molar refractivity (Wildman–Crippen MR) is 128 cm³/mol. The largest absolute Gasteiger partial charge is 0.491 e. The summed E-state index contributed by atoms with van der Waals surface area (Å²) >= 11 is 0. The van der Waals surface area contributed by atoms with Gasteiger partial charge in [-0.2, -0.15) is 0 Å². The molecule has 0 fully saturated rings. The molecule has 3 aromatic rings. The Kier molecular flexibility index (Phi) is 7.86. The van der Waals surface area contributed by atoms with Gasteiger partial charge in [0, 0.05) is 16.9 Å². The molecule has 0 saturated carbocycles. The second-order valence-corrected chi connectivity index (χ2v) is 7.78. The molecular formula is C26H29N3O3. The highest BCUT2D eigenvalue weighted by atomic mass is 16.5. The molecule has 6 nitrogen and oxygen atoms in total. The molecule has 0 radical (unpaired) electrons. The van der Waals surface area contributed by atoms with Crippen LogP contribution >= 0.6 is 0 Å². The fourth-order valence-electron chi connectivity index (χ4n) is 3.12. The normalized spacial score (nSPS) is 11.5. The molecule has 0 aliphatic carbocycles. The summed E-state index contributed by atoms with van der Waals surface area (Å²) in [4.78, 5) is 24.7. The van der Waals surface area contributed by atoms with Gasteiger partial charge in [0.2, 0.25) is 5.91 Å². The van der Waals surface area contributed by atoms with E-state index in [4.69, 9.17) is 4.74 Å². The second kappa shape index (κ2) is 11.0. The SMILES string of the molecule is CC(C)Oc1ccc(NCC(=O)Nc2ccc(C(=O)NC(C)c3ccccc3)cc2)cc1. The third kappa shape index (κ3) is 6.87. The molecule has 0 spiro atoms. The second-order valence-electron chi connectivity index (χ2n) is 7.78. The fourth-order valence-corrected chi connectivity index (χ4v) is 3.12. The highest BCUT2D eigenvalue weighted by molar-refractivity contribution is 5.96. The minimum absolute atomic E-state index is 0.0971. The molecule has 166 valence electrons. The van der Waals surface area contributed by atoms with Crippen molar-refractivity contribution in [2.24, 2.45) is 0 Å². The standard InChI is InChI=1S/C26H29N3O3/c1-18(2)32-24-15-13-22(14-16-24)27-17-25(30)29-23-11-9-21(10-12-23)26(31)28-19(3)20-7-5-4-6-8-20/h4-16,18-19,27H,17H2,1-3H3,(H,28,31)(H,29,30). The summed E-state index contributed by atoms with van der Waals surface area (Å²) in [6.07, 6.45) is 0.115. The van der Waals surface area contributed by atoms with Gasteiger partial charge in [0.15, 0.2) is 0 Å². The number of benzene rings is 3. The summed E-state index contributed by atoms with van der Waals surface area (Å²) in [5.74, 6) is 0.450. The van der Waals surface area contributed by atoms with Crippen molar-refractivity contribution >= 4 is 23.2 Å². The van der Waals surface area contributed by atoms with Crippen LogP contribution in [-0.4, -0.2) is 24.5 Å². The number of carbonyl (C=O) groups is 2. The van der Waals surface area contributed by atoms with Gasteiger partial charge in [0.25, 0.3) is 5.91 Å². The van der Waals surface area contributed by atoms with Crippen molar-refractivity contribution < 1.29 is 14.3 Å². The van der Waals surface area contributed by atoms with Crippen molar-refractivity contribution in [3.8, 4) is 5.75 Å². The molecule has 0 bridgehead atoms. The monoisotopic (exact) mass is 431 g/mol. The minimum Gasteiger partial charge on any atom is -0.491 e. The molecule has 0 aliphatic heterocycles. The lowest BCUT2D eigenvalue weighted by atomic mass is 10.1. The Balaban J connectivity index is 1.47. The number of hydrogen-bond acceptors (Lipinski definition) is 4. The van der Waals surface area contributed by atoms with Crippen LogP contribution in [0.5, 0.6) is 5.75 Å². The van der Waals surface area contributed by atoms with Crippen molar-refractivity contribution in [1.82, 2.24) is 5.32 Å². The molecule has 6 heteroatoms. The first-order valence-corrected chi connectivity index (χ1v) is 10.7. The van der Waals surface area contributed by atoms with Crippen molar-refractivity contribution in [2.75, 3.05) is 17.2 Å². The molecule has 0 heterocycles. The van der Waals surface area contributed by atoms with E-state index in [0.29, 0.717) is 11.3 Å². The zero-order chi connectivity index (χ0) is 22.9. The van der Waals surface area contributed by atoms with E-state index in [1.54, 1.807) is 24.3 Å². The predicted octanol–water partition coefficient (Wildman–Crippen LogP) is 5.02. The molecular weight excluding hydrogens is 402 g/mol. The quantitative estimate of drug-likeness (QED) is 0.445. The summed E-state index contributed by atoms with van der Waals surface area (Å²) in [5, 5.41) is 8.88. The molecule has 0 saturated heterocycles. The van der Waals surface area contributed by atoms with Crippen LogP contribution in [0.15, 0.2) is 78.9 Å². The van der Waals surface area contributed by atoms with E-state index in [9.17, 15) is 9.59 Å². The van der Waals surface area contributed by atoms with E-state index in [1.165, 1.54) is 0 Å². The Labute approximate surface area is 189 Å². The molecule has 3 rings (SSSR count). The van der Waals surface area contributed by atoms with Gasteiger partial charge in [-0.15, -0.1) is 0 Å². The number of carbonyl (C=O) groups excluding carboxylic acids is 2. The maximum Gasteiger partial charge on any atom is 0.251 e. The Morgan fingerprint density at radius 1 is 0.812 bits per heavy atom. The van der Waals surface area contributed by atoms with Crippen LogP contribution in [0.2, 0.25) is 0 Å². The zero-order valence-electron chi connectivity index (χ0n) is 18.6. The van der Waals surface area contributed by atoms with E-state index in [1.807, 2.05) is 75.4 Å². The number of anilines is 2. The van der Waals surface area contributed by atoms with Gasteiger partial charge in [0.05, 0.1) is 18.7 Å². The number of nitrogens with one attached hydrogen (secondary N) is 3. The highest BCUT2D eigenvalue weighted by Crippen LogP contribution is 2.17. The number of hydrogen-bond donors (Lipinski definition) is 3. The summed E-state index contributed by atoms with van der Waals surface area (Å²) in [7, 11) is 0. The van der Waals surface area contributed by atoms with Crippen molar-refractivity contribution in [3.63, 3.8) is 0 Å². The van der Waals surface area contributed by atoms with Crippen molar-refractivity contribution in [1.29, 1.82) is 0 Å². The van der Waals surface area contributed by atoms with E-state index < -0.39 is 0 Å². The molecule has 0 aromatic heterocycles. The first-order chi connectivity index (χ1) is 15.4. The Morgan fingerprint density at radius 2 is 1.44 bits per heavy atom. The highest BCUT2D eigenvalue weighted by Gasteiger charge is 2.11. The third-order valence-corrected chi connectivity index (χ3v) is 4.76. The van der Waals surface area contributed by atoms with Gasteiger partial charge in [-0.05, 0) is 74.9 Å². The van der Waals surface area contributed by atoms with Crippen molar-refractivity contribution in [2.45, 2.75) is 32.9 Å². The van der Waals surface area contributed by atoms with Crippen LogP contribution in [0.1, 0.15) is 42.7 Å². The summed E-state index contributed by atoms with van der Waals surface area (Å²) in [6, 6.07) is 24.0. The lowest BCUT2D eigenvalue weighted by Gasteiger charge is -2.14. The van der Waals surface area contributed by atoms with Gasteiger partial charge < -0.3 is 20.7 Å². The molecule has 3 N–H and O–H groups in total. The molecule has 3 aromatic carbocycles. The molecule has 0 aliphatic rings. The van der Waals surface area contributed by atoms with Gasteiger partial charge >= 0.3 is 0 Å². The molecule has 1 atom stereocenters. The van der Waals surface area contributed by atoms with Crippen LogP contribution in [0.3, 0.4) is 0 Å². The first kappa shape index (κ1) is 22.9. The average Bonchev–Trinajstić information content (AvgIpc) is 2.79. The van der Waals surface area contributed by atoms with Gasteiger partial charge in [-0.25, -0.2) is 0 Å². The van der Waals surface area contributed by atoms with Gasteiger partial charge in [-0.3, -0.25) is 9.59 Å². The van der Waals surface area contributed by atoms with Crippen LogP contribution in [0.4, 0.5) is 11.4 Å². The van der Waals surface area contributed by atoms with Gasteiger partial charge in [0.1, 0.15) is 5.75 Å². The number of ether oxygens (including phenoxy) is 1. The Bertz CT molecular complexity index is 1020. The lowest BCUT2D eigenvalue weighted by Crippen LogP contribution is -2.26. The average molecular weight is 432 g/mol. The first-order valence-electron chi connectivity index (χ1n) is 10.7. The van der Waals surface area contributed by atoms with E-state index >= 15 is 0 Å². The van der Waals surface area contributed by atoms with E-state index in [-0.39, 0.29) is 30.5 Å². The van der Waals surface area contributed by atoms with Crippen LogP contribution < -0.4 is 20.7 Å². The number of rotatable bonds is 9. The van der Waals surface area contributed by atoms with Gasteiger partial charge in [-0.1, -0.05) is 30.3 Å². The smallest absolute Gasteiger partial charge is 0.251 e. The topological polar surface area (TPSA) is 79.5 Å². The molecule has 1 unspecified atom stereocenters. The molecule has 32 heavy (non-hydrogen) atoms. The Hall–Kier alpha value is -3.80. The summed E-state index contributed by atoms with van der Waals surface area (Å²) < 4.78 is 5.61. The Morgan fingerprint density at radius 3 is 2.06 bits per heavy atom. The van der Waals surface area contributed by atoms with Crippen LogP contribution in [0.25, 0.3) is 0 Å². The van der Waals surface area contributed by atoms with E-state index in [2.05, 4.69) is 16.0 Å². The number of amides is 2. The van der Waals surface area contributed by atoms with E-state index in [0.717, 1.165) is 17.0 Å². The summed E-state index contributed by atoms with van der Waals surface area (Å²) in [5.41, 5.74) is 3.04. The summed E-state index contributed by atoms with van der Waals surface area (Å²) in [6.45, 7) is 6.02. The molecule has 2 amide bonds. The lowest BCUT2D eigenvalue weighted by molar-refractivity contribution is -0.114. The van der Waals surface area contributed by atoms with Crippen molar-refractivity contribution in [3.05, 3.63) is 90.0 Å². The third-order valence-electron chi connectivity index (χ3n) is 4.76. The van der Waals surface area contributed by atoms with Crippen LogP contribution in [0, 0.1) is 0 Å². The zero-order valence-corrected chi connectivity index (χ0v) is 18.6. The maximum atomic E-state index is 12.5.